The molecule has 1 saturated heterocycles. The molecule has 0 atom stereocenters. The van der Waals surface area contributed by atoms with Crippen LogP contribution in [0.4, 0.5) is 11.5 Å². The summed E-state index contributed by atoms with van der Waals surface area (Å²) in [6.45, 7) is 7.72. The van der Waals surface area contributed by atoms with Gasteiger partial charge in [0.2, 0.25) is 0 Å². The van der Waals surface area contributed by atoms with E-state index in [2.05, 4.69) is 70.2 Å². The van der Waals surface area contributed by atoms with Crippen LogP contribution in [0.2, 0.25) is 0 Å². The van der Waals surface area contributed by atoms with Crippen molar-refractivity contribution in [3.8, 4) is 11.3 Å². The minimum absolute atomic E-state index is 0.561. The number of rotatable bonds is 5. The summed E-state index contributed by atoms with van der Waals surface area (Å²) in [5.41, 5.74) is 11.9. The molecule has 28 heavy (non-hydrogen) atoms. The van der Waals surface area contributed by atoms with Crippen LogP contribution in [0.25, 0.3) is 11.3 Å². The number of anilines is 2. The zero-order valence-corrected chi connectivity index (χ0v) is 16.5. The van der Waals surface area contributed by atoms with Gasteiger partial charge in [0, 0.05) is 44.0 Å². The molecule has 4 heteroatoms. The molecule has 3 aromatic rings. The number of hydrogen-bond acceptors (Lipinski definition) is 4. The lowest BCUT2D eigenvalue weighted by Crippen LogP contribution is -2.47. The SMILES string of the molecule is Cc1cccc(N2CCN(CCc3ccc(-c4cccc(N)n4)cc3)CC2)c1. The van der Waals surface area contributed by atoms with Crippen LogP contribution >= 0.6 is 0 Å². The van der Waals surface area contributed by atoms with Crippen molar-refractivity contribution >= 4 is 11.5 Å². The highest BCUT2D eigenvalue weighted by molar-refractivity contribution is 5.61. The molecule has 0 aliphatic carbocycles. The molecule has 0 unspecified atom stereocenters. The highest BCUT2D eigenvalue weighted by Gasteiger charge is 2.17. The summed E-state index contributed by atoms with van der Waals surface area (Å²) in [5.74, 6) is 0.561. The van der Waals surface area contributed by atoms with Gasteiger partial charge in [-0.15, -0.1) is 0 Å². The highest BCUT2D eigenvalue weighted by Crippen LogP contribution is 2.20. The lowest BCUT2D eigenvalue weighted by atomic mass is 10.1. The lowest BCUT2D eigenvalue weighted by Gasteiger charge is -2.36. The van der Waals surface area contributed by atoms with E-state index in [1.54, 1.807) is 0 Å². The molecule has 4 rings (SSSR count). The summed E-state index contributed by atoms with van der Waals surface area (Å²) in [7, 11) is 0. The topological polar surface area (TPSA) is 45.4 Å². The maximum Gasteiger partial charge on any atom is 0.124 e. The van der Waals surface area contributed by atoms with E-state index in [-0.39, 0.29) is 0 Å². The van der Waals surface area contributed by atoms with Crippen LogP contribution in [0.15, 0.2) is 66.7 Å². The van der Waals surface area contributed by atoms with E-state index in [9.17, 15) is 0 Å². The first-order valence-electron chi connectivity index (χ1n) is 10.0. The molecule has 2 aromatic carbocycles. The van der Waals surface area contributed by atoms with Crippen molar-refractivity contribution in [2.75, 3.05) is 43.4 Å². The van der Waals surface area contributed by atoms with Gasteiger partial charge >= 0.3 is 0 Å². The fourth-order valence-electron chi connectivity index (χ4n) is 3.80. The second-order valence-electron chi connectivity index (χ2n) is 7.56. The Labute approximate surface area is 167 Å². The van der Waals surface area contributed by atoms with Crippen LogP contribution in [0.5, 0.6) is 0 Å². The van der Waals surface area contributed by atoms with Gasteiger partial charge in [0.1, 0.15) is 5.82 Å². The first-order chi connectivity index (χ1) is 13.7. The Hall–Kier alpha value is -2.85. The summed E-state index contributed by atoms with van der Waals surface area (Å²) in [5, 5.41) is 0. The molecule has 2 heterocycles. The van der Waals surface area contributed by atoms with Gasteiger partial charge in [-0.2, -0.15) is 0 Å². The first-order valence-corrected chi connectivity index (χ1v) is 10.0. The van der Waals surface area contributed by atoms with Crippen molar-refractivity contribution in [3.63, 3.8) is 0 Å². The number of nitrogens with zero attached hydrogens (tertiary/aromatic N) is 3. The molecule has 2 N–H and O–H groups in total. The summed E-state index contributed by atoms with van der Waals surface area (Å²) >= 11 is 0. The Balaban J connectivity index is 1.28. The van der Waals surface area contributed by atoms with E-state index in [4.69, 9.17) is 5.73 Å². The molecule has 4 nitrogen and oxygen atoms in total. The number of benzene rings is 2. The van der Waals surface area contributed by atoms with E-state index in [0.717, 1.165) is 50.4 Å². The Morgan fingerprint density at radius 1 is 0.893 bits per heavy atom. The maximum atomic E-state index is 5.79. The molecule has 1 aliphatic heterocycles. The summed E-state index contributed by atoms with van der Waals surface area (Å²) in [6.07, 6.45) is 1.08. The highest BCUT2D eigenvalue weighted by atomic mass is 15.3. The van der Waals surface area contributed by atoms with E-state index < -0.39 is 0 Å². The van der Waals surface area contributed by atoms with Gasteiger partial charge in [-0.3, -0.25) is 4.90 Å². The molecule has 0 bridgehead atoms. The third kappa shape index (κ3) is 4.52. The third-order valence-electron chi connectivity index (χ3n) is 5.48. The third-order valence-corrected chi connectivity index (χ3v) is 5.48. The number of nitrogen functional groups attached to an aromatic ring is 1. The second-order valence-corrected chi connectivity index (χ2v) is 7.56. The van der Waals surface area contributed by atoms with Gasteiger partial charge in [-0.05, 0) is 48.7 Å². The Morgan fingerprint density at radius 3 is 2.36 bits per heavy atom. The standard InChI is InChI=1S/C24H28N4/c1-19-4-2-5-22(18-19)28-16-14-27(15-17-28)13-12-20-8-10-21(11-9-20)23-6-3-7-24(25)26-23/h2-11,18H,12-17H2,1H3,(H2,25,26). The summed E-state index contributed by atoms with van der Waals surface area (Å²) < 4.78 is 0. The van der Waals surface area contributed by atoms with Gasteiger partial charge in [-0.25, -0.2) is 4.98 Å². The van der Waals surface area contributed by atoms with Gasteiger partial charge in [0.25, 0.3) is 0 Å². The molecule has 0 amide bonds. The number of piperazine rings is 1. The number of nitrogens with two attached hydrogens (primary N) is 1. The first kappa shape index (κ1) is 18.5. The van der Waals surface area contributed by atoms with Gasteiger partial charge in [-0.1, -0.05) is 42.5 Å². The summed E-state index contributed by atoms with van der Waals surface area (Å²) in [6, 6.07) is 23.3. The fourth-order valence-corrected chi connectivity index (χ4v) is 3.80. The normalized spacial score (nSPS) is 15.0. The summed E-state index contributed by atoms with van der Waals surface area (Å²) in [4.78, 5) is 9.46. The number of aryl methyl sites for hydroxylation is 1. The van der Waals surface area contributed by atoms with Gasteiger partial charge in [0.15, 0.2) is 0 Å². The molecule has 1 aromatic heterocycles. The van der Waals surface area contributed by atoms with Crippen LogP contribution in [0, 0.1) is 6.92 Å². The minimum Gasteiger partial charge on any atom is -0.384 e. The average Bonchev–Trinajstić information content (AvgIpc) is 2.73. The van der Waals surface area contributed by atoms with Crippen LogP contribution in [-0.4, -0.2) is 42.6 Å². The monoisotopic (exact) mass is 372 g/mol. The predicted molar refractivity (Wildman–Crippen MR) is 118 cm³/mol. The van der Waals surface area contributed by atoms with Crippen LogP contribution < -0.4 is 10.6 Å². The maximum absolute atomic E-state index is 5.79. The number of pyridine rings is 1. The van der Waals surface area contributed by atoms with Gasteiger partial charge < -0.3 is 10.6 Å². The van der Waals surface area contributed by atoms with Crippen molar-refractivity contribution in [2.24, 2.45) is 0 Å². The number of hydrogen-bond donors (Lipinski definition) is 1. The van der Waals surface area contributed by atoms with E-state index >= 15 is 0 Å². The van der Waals surface area contributed by atoms with Crippen molar-refractivity contribution in [2.45, 2.75) is 13.3 Å². The molecule has 0 radical (unpaired) electrons. The van der Waals surface area contributed by atoms with Crippen LogP contribution in [-0.2, 0) is 6.42 Å². The Morgan fingerprint density at radius 2 is 1.64 bits per heavy atom. The van der Waals surface area contributed by atoms with Crippen LogP contribution in [0.1, 0.15) is 11.1 Å². The Bertz CT molecular complexity index is 912. The fraction of sp³-hybridized carbons (Fsp3) is 0.292. The molecular weight excluding hydrogens is 344 g/mol. The zero-order chi connectivity index (χ0) is 19.3. The molecule has 0 saturated carbocycles. The van der Waals surface area contributed by atoms with Crippen molar-refractivity contribution in [1.82, 2.24) is 9.88 Å². The van der Waals surface area contributed by atoms with Crippen molar-refractivity contribution in [1.29, 1.82) is 0 Å². The van der Waals surface area contributed by atoms with Crippen LogP contribution in [0.3, 0.4) is 0 Å². The quantitative estimate of drug-likeness (QED) is 0.735. The average molecular weight is 373 g/mol. The molecular formula is C24H28N4. The number of aromatic nitrogens is 1. The minimum atomic E-state index is 0.561. The second kappa shape index (κ2) is 8.44. The molecule has 0 spiro atoms. The van der Waals surface area contributed by atoms with Gasteiger partial charge in [0.05, 0.1) is 5.69 Å². The van der Waals surface area contributed by atoms with E-state index in [1.807, 2.05) is 18.2 Å². The van der Waals surface area contributed by atoms with Crippen molar-refractivity contribution < 1.29 is 0 Å². The zero-order valence-electron chi connectivity index (χ0n) is 16.5. The smallest absolute Gasteiger partial charge is 0.124 e. The lowest BCUT2D eigenvalue weighted by molar-refractivity contribution is 0.261. The van der Waals surface area contributed by atoms with E-state index in [0.29, 0.717) is 5.82 Å². The largest absolute Gasteiger partial charge is 0.384 e. The van der Waals surface area contributed by atoms with Crippen molar-refractivity contribution in [3.05, 3.63) is 77.9 Å². The molecule has 1 fully saturated rings. The Kier molecular flexibility index (Phi) is 5.58. The van der Waals surface area contributed by atoms with E-state index in [1.165, 1.54) is 16.8 Å². The predicted octanol–water partition coefficient (Wildman–Crippen LogP) is 4.00. The molecule has 144 valence electrons. The molecule has 1 aliphatic rings.